The number of nitrogens with one attached hydrogen (secondary N) is 1. The smallest absolute Gasteiger partial charge is 0.257 e. The number of carbonyl (C=O) groups excluding carboxylic acids is 2. The van der Waals surface area contributed by atoms with Crippen LogP contribution >= 0.6 is 0 Å². The monoisotopic (exact) mass is 359 g/mol. The highest BCUT2D eigenvalue weighted by molar-refractivity contribution is 5.97. The lowest BCUT2D eigenvalue weighted by Gasteiger charge is -2.40. The number of carbonyl (C=O) groups is 2. The zero-order valence-corrected chi connectivity index (χ0v) is 15.7. The number of amides is 2. The molecule has 1 saturated carbocycles. The van der Waals surface area contributed by atoms with E-state index >= 15 is 0 Å². The van der Waals surface area contributed by atoms with Gasteiger partial charge in [-0.1, -0.05) is 25.0 Å². The van der Waals surface area contributed by atoms with Crippen LogP contribution in [0.3, 0.4) is 0 Å². The average Bonchev–Trinajstić information content (AvgIpc) is 3.22. The van der Waals surface area contributed by atoms with E-state index in [0.29, 0.717) is 30.3 Å². The van der Waals surface area contributed by atoms with Crippen molar-refractivity contribution in [2.24, 2.45) is 5.92 Å². The molecule has 0 aromatic heterocycles. The van der Waals surface area contributed by atoms with Gasteiger partial charge in [0.1, 0.15) is 5.75 Å². The molecule has 0 spiro atoms. The normalized spacial score (nSPS) is 20.0. The number of likely N-dealkylation sites (N-methyl/N-ethyl adjacent to an activating group) is 1. The molecule has 0 radical (unpaired) electrons. The van der Waals surface area contributed by atoms with Crippen LogP contribution in [-0.2, 0) is 4.79 Å². The molecular formula is C20H29N3O3. The summed E-state index contributed by atoms with van der Waals surface area (Å²) in [5, 5.41) is 2.84. The Morgan fingerprint density at radius 2 is 1.77 bits per heavy atom. The quantitative estimate of drug-likeness (QED) is 0.870. The molecule has 2 fully saturated rings. The lowest BCUT2D eigenvalue weighted by Crippen LogP contribution is -2.57. The average molecular weight is 359 g/mol. The van der Waals surface area contributed by atoms with Gasteiger partial charge in [-0.05, 0) is 30.9 Å². The summed E-state index contributed by atoms with van der Waals surface area (Å²) in [6, 6.07) is 7.27. The van der Waals surface area contributed by atoms with E-state index in [9.17, 15) is 9.59 Å². The second-order valence-corrected chi connectivity index (χ2v) is 7.13. The van der Waals surface area contributed by atoms with Crippen molar-refractivity contribution in [3.05, 3.63) is 29.8 Å². The second kappa shape index (κ2) is 8.54. The van der Waals surface area contributed by atoms with Crippen molar-refractivity contribution in [2.75, 3.05) is 40.3 Å². The molecule has 1 aromatic rings. The summed E-state index contributed by atoms with van der Waals surface area (Å²) in [6.45, 7) is 2.74. The van der Waals surface area contributed by atoms with Crippen LogP contribution in [0, 0.1) is 5.92 Å². The molecule has 0 bridgehead atoms. The third-order valence-electron chi connectivity index (χ3n) is 5.69. The number of ether oxygens (including phenoxy) is 1. The predicted octanol–water partition coefficient (Wildman–Crippen LogP) is 1.76. The molecule has 2 aliphatic rings. The highest BCUT2D eigenvalue weighted by Gasteiger charge is 2.37. The Morgan fingerprint density at radius 1 is 1.12 bits per heavy atom. The van der Waals surface area contributed by atoms with Gasteiger partial charge in [0.25, 0.3) is 5.91 Å². The van der Waals surface area contributed by atoms with Crippen LogP contribution in [0.4, 0.5) is 0 Å². The maximum absolute atomic E-state index is 12.9. The van der Waals surface area contributed by atoms with E-state index in [0.717, 1.165) is 25.9 Å². The first-order valence-electron chi connectivity index (χ1n) is 9.53. The first-order chi connectivity index (χ1) is 12.7. The first kappa shape index (κ1) is 18.7. The van der Waals surface area contributed by atoms with Gasteiger partial charge >= 0.3 is 0 Å². The van der Waals surface area contributed by atoms with Crippen LogP contribution < -0.4 is 10.1 Å². The number of hydrogen-bond acceptors (Lipinski definition) is 4. The van der Waals surface area contributed by atoms with Gasteiger partial charge < -0.3 is 15.0 Å². The topological polar surface area (TPSA) is 61.9 Å². The molecule has 1 atom stereocenters. The van der Waals surface area contributed by atoms with E-state index in [1.54, 1.807) is 20.2 Å². The third-order valence-corrected chi connectivity index (χ3v) is 5.69. The molecule has 6 nitrogen and oxygen atoms in total. The van der Waals surface area contributed by atoms with Gasteiger partial charge in [0.05, 0.1) is 18.7 Å². The van der Waals surface area contributed by atoms with E-state index in [-0.39, 0.29) is 17.9 Å². The minimum atomic E-state index is -0.0639. The number of piperazine rings is 1. The van der Waals surface area contributed by atoms with Crippen molar-refractivity contribution in [3.8, 4) is 5.75 Å². The standard InChI is InChI=1S/C20H29N3O3/c1-21-19(24)18(15-7-3-4-8-15)22-11-13-23(14-12-22)20(25)16-9-5-6-10-17(16)26-2/h5-6,9-10,15,18H,3-4,7-8,11-14H2,1-2H3,(H,21,24). The van der Waals surface area contributed by atoms with Crippen LogP contribution in [0.1, 0.15) is 36.0 Å². The Hall–Kier alpha value is -2.08. The van der Waals surface area contributed by atoms with Gasteiger partial charge in [0.15, 0.2) is 0 Å². The van der Waals surface area contributed by atoms with Crippen LogP contribution in [0.2, 0.25) is 0 Å². The number of para-hydroxylation sites is 1. The first-order valence-corrected chi connectivity index (χ1v) is 9.53. The lowest BCUT2D eigenvalue weighted by molar-refractivity contribution is -0.128. The molecule has 1 heterocycles. The number of nitrogens with zero attached hydrogens (tertiary/aromatic N) is 2. The van der Waals surface area contributed by atoms with Crippen LogP contribution in [-0.4, -0.2) is 68.0 Å². The number of methoxy groups -OCH3 is 1. The summed E-state index contributed by atoms with van der Waals surface area (Å²) < 4.78 is 5.32. The maximum Gasteiger partial charge on any atom is 0.257 e. The molecule has 142 valence electrons. The van der Waals surface area contributed by atoms with Crippen molar-refractivity contribution in [3.63, 3.8) is 0 Å². The number of rotatable bonds is 5. The van der Waals surface area contributed by atoms with E-state index in [1.165, 1.54) is 12.8 Å². The Bertz CT molecular complexity index is 635. The van der Waals surface area contributed by atoms with Gasteiger partial charge in [-0.3, -0.25) is 14.5 Å². The van der Waals surface area contributed by atoms with Crippen molar-refractivity contribution in [1.82, 2.24) is 15.1 Å². The van der Waals surface area contributed by atoms with Crippen molar-refractivity contribution >= 4 is 11.8 Å². The fourth-order valence-corrected chi connectivity index (χ4v) is 4.29. The van der Waals surface area contributed by atoms with E-state index in [4.69, 9.17) is 4.74 Å². The Morgan fingerprint density at radius 3 is 2.38 bits per heavy atom. The predicted molar refractivity (Wildman–Crippen MR) is 100 cm³/mol. The number of benzene rings is 1. The third kappa shape index (κ3) is 3.85. The summed E-state index contributed by atoms with van der Waals surface area (Å²) in [4.78, 5) is 29.4. The zero-order valence-electron chi connectivity index (χ0n) is 15.7. The Balaban J connectivity index is 1.65. The molecule has 1 saturated heterocycles. The fraction of sp³-hybridized carbons (Fsp3) is 0.600. The van der Waals surface area contributed by atoms with Crippen molar-refractivity contribution in [1.29, 1.82) is 0 Å². The molecule has 3 rings (SSSR count). The molecule has 1 N–H and O–H groups in total. The zero-order chi connectivity index (χ0) is 18.5. The molecule has 1 unspecified atom stereocenters. The van der Waals surface area contributed by atoms with Crippen LogP contribution in [0.25, 0.3) is 0 Å². The molecule has 1 aliphatic heterocycles. The molecular weight excluding hydrogens is 330 g/mol. The van der Waals surface area contributed by atoms with Gasteiger partial charge in [-0.25, -0.2) is 0 Å². The number of hydrogen-bond donors (Lipinski definition) is 1. The SMILES string of the molecule is CNC(=O)C(C1CCCC1)N1CCN(C(=O)c2ccccc2OC)CC1. The fourth-order valence-electron chi connectivity index (χ4n) is 4.29. The Labute approximate surface area is 155 Å². The summed E-state index contributed by atoms with van der Waals surface area (Å²) in [7, 11) is 3.30. The summed E-state index contributed by atoms with van der Waals surface area (Å²) in [6.07, 6.45) is 4.67. The van der Waals surface area contributed by atoms with Crippen molar-refractivity contribution < 1.29 is 14.3 Å². The van der Waals surface area contributed by atoms with Gasteiger partial charge in [0, 0.05) is 33.2 Å². The highest BCUT2D eigenvalue weighted by atomic mass is 16.5. The second-order valence-electron chi connectivity index (χ2n) is 7.13. The Kier molecular flexibility index (Phi) is 6.14. The maximum atomic E-state index is 12.9. The summed E-state index contributed by atoms with van der Waals surface area (Å²) >= 11 is 0. The molecule has 1 aliphatic carbocycles. The summed E-state index contributed by atoms with van der Waals surface area (Å²) in [5.74, 6) is 1.15. The molecule has 2 amide bonds. The van der Waals surface area contributed by atoms with E-state index in [1.807, 2.05) is 23.1 Å². The van der Waals surface area contributed by atoms with E-state index in [2.05, 4.69) is 10.2 Å². The van der Waals surface area contributed by atoms with Crippen LogP contribution in [0.5, 0.6) is 5.75 Å². The summed E-state index contributed by atoms with van der Waals surface area (Å²) in [5.41, 5.74) is 0.599. The van der Waals surface area contributed by atoms with Gasteiger partial charge in [0.2, 0.25) is 5.91 Å². The highest BCUT2D eigenvalue weighted by Crippen LogP contribution is 2.31. The lowest BCUT2D eigenvalue weighted by atomic mass is 9.95. The molecule has 6 heteroatoms. The largest absolute Gasteiger partial charge is 0.496 e. The van der Waals surface area contributed by atoms with Gasteiger partial charge in [-0.2, -0.15) is 0 Å². The van der Waals surface area contributed by atoms with E-state index < -0.39 is 0 Å². The molecule has 26 heavy (non-hydrogen) atoms. The minimum absolute atomic E-state index is 0.000501. The minimum Gasteiger partial charge on any atom is -0.496 e. The van der Waals surface area contributed by atoms with Crippen molar-refractivity contribution in [2.45, 2.75) is 31.7 Å². The molecule has 1 aromatic carbocycles. The van der Waals surface area contributed by atoms with Gasteiger partial charge in [-0.15, -0.1) is 0 Å². The van der Waals surface area contributed by atoms with Crippen LogP contribution in [0.15, 0.2) is 24.3 Å².